The number of unbranched alkanes of at least 4 members (excludes halogenated alkanes) is 34. The largest absolute Gasteiger partial charge is 0.462 e. The minimum Gasteiger partial charge on any atom is -0.462 e. The van der Waals surface area contributed by atoms with E-state index in [9.17, 15) is 14.4 Å². The Morgan fingerprint density at radius 2 is 0.582 bits per heavy atom. The lowest BCUT2D eigenvalue weighted by molar-refractivity contribution is -0.167. The van der Waals surface area contributed by atoms with Crippen molar-refractivity contribution < 1.29 is 28.6 Å². The molecule has 0 spiro atoms. The highest BCUT2D eigenvalue weighted by Crippen LogP contribution is 2.16. The molecule has 6 nitrogen and oxygen atoms in total. The molecule has 390 valence electrons. The van der Waals surface area contributed by atoms with Crippen LogP contribution < -0.4 is 0 Å². The summed E-state index contributed by atoms with van der Waals surface area (Å²) in [5.41, 5.74) is 0. The fourth-order valence-corrected chi connectivity index (χ4v) is 8.45. The Morgan fingerprint density at radius 1 is 0.313 bits per heavy atom. The first-order valence-corrected chi connectivity index (χ1v) is 29.1. The zero-order valence-corrected chi connectivity index (χ0v) is 44.7. The van der Waals surface area contributed by atoms with Gasteiger partial charge in [0.25, 0.3) is 0 Å². The molecule has 0 aromatic carbocycles. The first kappa shape index (κ1) is 64.4. The van der Waals surface area contributed by atoms with E-state index in [0.717, 1.165) is 96.3 Å². The number of allylic oxidation sites excluding steroid dienone is 8. The summed E-state index contributed by atoms with van der Waals surface area (Å²) in [5.74, 6) is -0.884. The van der Waals surface area contributed by atoms with Crippen molar-refractivity contribution in [1.82, 2.24) is 0 Å². The summed E-state index contributed by atoms with van der Waals surface area (Å²) < 4.78 is 16.9. The van der Waals surface area contributed by atoms with Crippen LogP contribution in [-0.4, -0.2) is 37.2 Å². The van der Waals surface area contributed by atoms with Gasteiger partial charge >= 0.3 is 17.9 Å². The first-order valence-electron chi connectivity index (χ1n) is 29.1. The van der Waals surface area contributed by atoms with Gasteiger partial charge in [-0.15, -0.1) is 0 Å². The maximum Gasteiger partial charge on any atom is 0.306 e. The van der Waals surface area contributed by atoms with Gasteiger partial charge in [-0.05, 0) is 77.0 Å². The number of hydrogen-bond acceptors (Lipinski definition) is 6. The van der Waals surface area contributed by atoms with E-state index in [1.165, 1.54) is 167 Å². The lowest BCUT2D eigenvalue weighted by Crippen LogP contribution is -2.30. The Kier molecular flexibility index (Phi) is 53.8. The normalized spacial score (nSPS) is 12.3. The summed E-state index contributed by atoms with van der Waals surface area (Å²) in [5, 5.41) is 0. The third-order valence-corrected chi connectivity index (χ3v) is 12.8. The van der Waals surface area contributed by atoms with Gasteiger partial charge in [0.2, 0.25) is 0 Å². The minimum atomic E-state index is -0.780. The number of esters is 3. The van der Waals surface area contributed by atoms with Crippen LogP contribution >= 0.6 is 0 Å². The lowest BCUT2D eigenvalue weighted by Gasteiger charge is -2.18. The van der Waals surface area contributed by atoms with Crippen molar-refractivity contribution in [2.75, 3.05) is 13.2 Å². The molecule has 0 aromatic rings. The number of ether oxygens (including phenoxy) is 3. The van der Waals surface area contributed by atoms with E-state index in [-0.39, 0.29) is 31.1 Å². The van der Waals surface area contributed by atoms with E-state index in [2.05, 4.69) is 69.4 Å². The van der Waals surface area contributed by atoms with E-state index in [0.29, 0.717) is 19.3 Å². The molecule has 67 heavy (non-hydrogen) atoms. The Hall–Kier alpha value is -2.63. The van der Waals surface area contributed by atoms with Crippen molar-refractivity contribution in [2.24, 2.45) is 0 Å². The van der Waals surface area contributed by atoms with Gasteiger partial charge < -0.3 is 14.2 Å². The number of carbonyl (C=O) groups is 3. The van der Waals surface area contributed by atoms with Crippen LogP contribution in [0.2, 0.25) is 0 Å². The molecular formula is C61H110O6. The second kappa shape index (κ2) is 56.0. The molecule has 0 radical (unpaired) electrons. The molecule has 0 saturated carbocycles. The minimum absolute atomic E-state index is 0.0773. The molecule has 0 saturated heterocycles. The van der Waals surface area contributed by atoms with Crippen molar-refractivity contribution in [3.05, 3.63) is 48.6 Å². The summed E-state index contributed by atoms with van der Waals surface area (Å²) in [7, 11) is 0. The molecule has 0 aliphatic carbocycles. The number of carbonyl (C=O) groups excluding carboxylic acids is 3. The molecule has 0 rings (SSSR count). The molecule has 0 aromatic heterocycles. The first-order chi connectivity index (χ1) is 33.0. The van der Waals surface area contributed by atoms with Gasteiger partial charge in [-0.2, -0.15) is 0 Å². The van der Waals surface area contributed by atoms with Gasteiger partial charge in [-0.25, -0.2) is 0 Å². The maximum atomic E-state index is 12.9. The molecule has 0 unspecified atom stereocenters. The van der Waals surface area contributed by atoms with E-state index >= 15 is 0 Å². The molecule has 0 heterocycles. The summed E-state index contributed by atoms with van der Waals surface area (Å²) >= 11 is 0. The Bertz CT molecular complexity index is 1170. The average molecular weight is 940 g/mol. The number of rotatable bonds is 53. The van der Waals surface area contributed by atoms with Crippen LogP contribution in [0.25, 0.3) is 0 Å². The summed E-state index contributed by atoms with van der Waals surface area (Å²) in [6.07, 6.45) is 68.1. The zero-order valence-electron chi connectivity index (χ0n) is 44.7. The quantitative estimate of drug-likeness (QED) is 0.0262. The molecule has 0 aliphatic rings. The SMILES string of the molecule is CC/C=C\C/C=C\C/C=C\CCCCCCCC(=O)OC[C@H](COC(=O)CCCCCCCCCCCCCCCCCCC)OC(=O)CCCCCCCCC/C=C\CCCCCCCC. The summed E-state index contributed by atoms with van der Waals surface area (Å²) in [6, 6.07) is 0. The fraction of sp³-hybridized carbons (Fsp3) is 0.820. The van der Waals surface area contributed by atoms with Crippen molar-refractivity contribution in [2.45, 2.75) is 309 Å². The van der Waals surface area contributed by atoms with E-state index in [1.807, 2.05) is 0 Å². The van der Waals surface area contributed by atoms with Gasteiger partial charge in [0.05, 0.1) is 0 Å². The molecule has 0 N–H and O–H groups in total. The van der Waals surface area contributed by atoms with E-state index < -0.39 is 6.10 Å². The Morgan fingerprint density at radius 3 is 0.925 bits per heavy atom. The van der Waals surface area contributed by atoms with Gasteiger partial charge in [-0.3, -0.25) is 14.4 Å². The monoisotopic (exact) mass is 939 g/mol. The molecular weight excluding hydrogens is 829 g/mol. The molecule has 0 bridgehead atoms. The molecule has 6 heteroatoms. The predicted molar refractivity (Wildman–Crippen MR) is 289 cm³/mol. The van der Waals surface area contributed by atoms with Crippen molar-refractivity contribution in [3.8, 4) is 0 Å². The van der Waals surface area contributed by atoms with Crippen molar-refractivity contribution >= 4 is 17.9 Å². The average Bonchev–Trinajstić information content (AvgIpc) is 3.33. The fourth-order valence-electron chi connectivity index (χ4n) is 8.45. The molecule has 1 atom stereocenters. The summed E-state index contributed by atoms with van der Waals surface area (Å²) in [4.78, 5) is 38.2. The number of hydrogen-bond donors (Lipinski definition) is 0. The van der Waals surface area contributed by atoms with Gasteiger partial charge in [0.1, 0.15) is 13.2 Å². The van der Waals surface area contributed by atoms with Crippen molar-refractivity contribution in [1.29, 1.82) is 0 Å². The highest BCUT2D eigenvalue weighted by atomic mass is 16.6. The van der Waals surface area contributed by atoms with Gasteiger partial charge in [0.15, 0.2) is 6.10 Å². The standard InChI is InChI=1S/C61H110O6/c1-4-7-10-13-16-19-22-25-28-30-33-36-39-42-45-48-51-54-60(63)66-57-58(56-65-59(62)53-50-47-44-41-38-35-32-27-24-21-18-15-12-9-6-3)67-61(64)55-52-49-46-43-40-37-34-31-29-26-23-20-17-14-11-8-5-2/h9,12,18,21,26-27,29,32,58H,4-8,10-11,13-17,19-20,22-25,28,30-31,33-57H2,1-3H3/b12-9-,21-18-,29-26-,32-27-/t58-/m1/s1. The van der Waals surface area contributed by atoms with E-state index in [4.69, 9.17) is 14.2 Å². The van der Waals surface area contributed by atoms with Crippen molar-refractivity contribution in [3.63, 3.8) is 0 Å². The third-order valence-electron chi connectivity index (χ3n) is 12.8. The van der Waals surface area contributed by atoms with Crippen LogP contribution in [0.1, 0.15) is 303 Å². The van der Waals surface area contributed by atoms with Crippen LogP contribution in [0.5, 0.6) is 0 Å². The van der Waals surface area contributed by atoms with Crippen LogP contribution in [0.4, 0.5) is 0 Å². The molecule has 0 fully saturated rings. The Balaban J connectivity index is 4.37. The smallest absolute Gasteiger partial charge is 0.306 e. The predicted octanol–water partition coefficient (Wildman–Crippen LogP) is 19.4. The van der Waals surface area contributed by atoms with E-state index in [1.54, 1.807) is 0 Å². The topological polar surface area (TPSA) is 78.9 Å². The van der Waals surface area contributed by atoms with Gasteiger partial charge in [0, 0.05) is 19.3 Å². The second-order valence-electron chi connectivity index (χ2n) is 19.5. The third kappa shape index (κ3) is 54.2. The second-order valence-corrected chi connectivity index (χ2v) is 19.5. The highest BCUT2D eigenvalue weighted by Gasteiger charge is 2.19. The molecule has 0 aliphatic heterocycles. The zero-order chi connectivity index (χ0) is 48.6. The highest BCUT2D eigenvalue weighted by molar-refractivity contribution is 5.71. The maximum absolute atomic E-state index is 12.9. The van der Waals surface area contributed by atoms with Crippen LogP contribution in [0.3, 0.4) is 0 Å². The van der Waals surface area contributed by atoms with Crippen LogP contribution in [0.15, 0.2) is 48.6 Å². The molecule has 0 amide bonds. The summed E-state index contributed by atoms with van der Waals surface area (Å²) in [6.45, 7) is 6.55. The Labute approximate surface area is 416 Å². The van der Waals surface area contributed by atoms with Crippen LogP contribution in [0, 0.1) is 0 Å². The van der Waals surface area contributed by atoms with Crippen LogP contribution in [-0.2, 0) is 28.6 Å². The lowest BCUT2D eigenvalue weighted by atomic mass is 10.0. The van der Waals surface area contributed by atoms with Gasteiger partial charge in [-0.1, -0.05) is 256 Å².